The van der Waals surface area contributed by atoms with Crippen LogP contribution in [0.1, 0.15) is 12.5 Å². The summed E-state index contributed by atoms with van der Waals surface area (Å²) in [6.45, 7) is 3.82. The van der Waals surface area contributed by atoms with Crippen molar-refractivity contribution >= 4 is 29.1 Å². The van der Waals surface area contributed by atoms with E-state index in [1.54, 1.807) is 12.4 Å². The third-order valence-electron chi connectivity index (χ3n) is 3.72. The summed E-state index contributed by atoms with van der Waals surface area (Å²) in [6.07, 6.45) is 3.45. The smallest absolute Gasteiger partial charge is 0.225 e. The minimum absolute atomic E-state index is 0.0208. The predicted molar refractivity (Wildman–Crippen MR) is 105 cm³/mol. The fourth-order valence-electron chi connectivity index (χ4n) is 2.36. The lowest BCUT2D eigenvalue weighted by molar-refractivity contribution is 0.281. The maximum Gasteiger partial charge on any atom is 0.225 e. The lowest BCUT2D eigenvalue weighted by Gasteiger charge is -2.15. The molecule has 2 heterocycles. The van der Waals surface area contributed by atoms with Crippen molar-refractivity contribution < 1.29 is 5.11 Å². The number of hydrogen-bond donors (Lipinski definition) is 3. The number of benzene rings is 1. The van der Waals surface area contributed by atoms with Crippen molar-refractivity contribution in [2.24, 2.45) is 0 Å². The second kappa shape index (κ2) is 8.12. The first-order valence-electron chi connectivity index (χ1n) is 8.25. The number of aliphatic hydroxyl groups is 1. The molecule has 134 valence electrons. The zero-order chi connectivity index (χ0) is 18.5. The molecule has 1 aromatic carbocycles. The molecule has 3 aromatic rings. The van der Waals surface area contributed by atoms with Crippen molar-refractivity contribution in [1.82, 2.24) is 15.0 Å². The topological polar surface area (TPSA) is 83.0 Å². The molecule has 0 saturated heterocycles. The van der Waals surface area contributed by atoms with Crippen LogP contribution in [0.3, 0.4) is 0 Å². The number of hydrogen-bond acceptors (Lipinski definition) is 6. The Hall–Kier alpha value is -2.70. The Kier molecular flexibility index (Phi) is 5.65. The molecule has 0 aliphatic rings. The van der Waals surface area contributed by atoms with Gasteiger partial charge in [0.2, 0.25) is 5.95 Å². The molecule has 0 bridgehead atoms. The highest BCUT2D eigenvalue weighted by molar-refractivity contribution is 6.33. The summed E-state index contributed by atoms with van der Waals surface area (Å²) in [5.41, 5.74) is 3.42. The lowest BCUT2D eigenvalue weighted by atomic mass is 10.2. The van der Waals surface area contributed by atoms with Crippen LogP contribution in [0.4, 0.5) is 17.5 Å². The molecule has 0 amide bonds. The first-order chi connectivity index (χ1) is 12.5. The summed E-state index contributed by atoms with van der Waals surface area (Å²) in [5.74, 6) is 1.01. The van der Waals surface area contributed by atoms with E-state index in [-0.39, 0.29) is 12.6 Å². The number of nitrogens with one attached hydrogen (secondary N) is 2. The molecule has 0 spiro atoms. The molecule has 0 aliphatic carbocycles. The molecule has 3 rings (SSSR count). The highest BCUT2D eigenvalue weighted by Gasteiger charge is 2.10. The van der Waals surface area contributed by atoms with E-state index in [0.717, 1.165) is 16.8 Å². The third kappa shape index (κ3) is 4.47. The van der Waals surface area contributed by atoms with E-state index in [1.807, 2.05) is 50.2 Å². The zero-order valence-electron chi connectivity index (χ0n) is 14.6. The molecule has 0 radical (unpaired) electrons. The summed E-state index contributed by atoms with van der Waals surface area (Å²) in [7, 11) is 0. The van der Waals surface area contributed by atoms with Gasteiger partial charge in [-0.05, 0) is 43.7 Å². The Morgan fingerprint density at radius 3 is 2.73 bits per heavy atom. The van der Waals surface area contributed by atoms with Gasteiger partial charge in [0.1, 0.15) is 5.82 Å². The number of halogens is 1. The number of rotatable bonds is 6. The van der Waals surface area contributed by atoms with Crippen molar-refractivity contribution in [1.29, 1.82) is 0 Å². The Balaban J connectivity index is 1.98. The van der Waals surface area contributed by atoms with Crippen molar-refractivity contribution in [3.05, 3.63) is 59.4 Å². The second-order valence-corrected chi connectivity index (χ2v) is 6.45. The van der Waals surface area contributed by atoms with Gasteiger partial charge in [-0.3, -0.25) is 4.98 Å². The van der Waals surface area contributed by atoms with Crippen LogP contribution in [0.25, 0.3) is 11.3 Å². The van der Waals surface area contributed by atoms with Gasteiger partial charge < -0.3 is 15.7 Å². The van der Waals surface area contributed by atoms with Gasteiger partial charge in [0.15, 0.2) is 0 Å². The average Bonchev–Trinajstić information content (AvgIpc) is 2.64. The molecule has 1 atom stereocenters. The first kappa shape index (κ1) is 18.1. The average molecular weight is 370 g/mol. The Labute approximate surface area is 157 Å². The standard InChI is InChI=1S/C19H20ClN5O/c1-12-5-6-16(15(20)8-12)23-18-9-17(14-4-3-7-21-10-14)24-19(25-18)22-13(2)11-26/h3-10,13,26H,11H2,1-2H3,(H2,22,23,24,25)/t13-/m0/s1. The van der Waals surface area contributed by atoms with Crippen LogP contribution in [0, 0.1) is 6.92 Å². The summed E-state index contributed by atoms with van der Waals surface area (Å²) in [5, 5.41) is 16.2. The van der Waals surface area contributed by atoms with E-state index in [2.05, 4.69) is 25.6 Å². The second-order valence-electron chi connectivity index (χ2n) is 6.04. The molecule has 0 saturated carbocycles. The summed E-state index contributed by atoms with van der Waals surface area (Å²) >= 11 is 6.32. The van der Waals surface area contributed by atoms with Gasteiger partial charge >= 0.3 is 0 Å². The highest BCUT2D eigenvalue weighted by atomic mass is 35.5. The van der Waals surface area contributed by atoms with Gasteiger partial charge in [-0.25, -0.2) is 4.98 Å². The van der Waals surface area contributed by atoms with Crippen molar-refractivity contribution in [2.45, 2.75) is 19.9 Å². The number of nitrogens with zero attached hydrogens (tertiary/aromatic N) is 3. The maximum absolute atomic E-state index is 9.29. The Bertz CT molecular complexity index is 888. The van der Waals surface area contributed by atoms with Gasteiger partial charge in [0.05, 0.1) is 23.0 Å². The Morgan fingerprint density at radius 2 is 2.04 bits per heavy atom. The quantitative estimate of drug-likeness (QED) is 0.608. The number of aliphatic hydroxyl groups excluding tert-OH is 1. The van der Waals surface area contributed by atoms with Crippen molar-refractivity contribution in [2.75, 3.05) is 17.2 Å². The maximum atomic E-state index is 9.29. The fourth-order valence-corrected chi connectivity index (χ4v) is 2.65. The molecule has 3 N–H and O–H groups in total. The van der Waals surface area contributed by atoms with Crippen LogP contribution >= 0.6 is 11.6 Å². The zero-order valence-corrected chi connectivity index (χ0v) is 15.3. The molecule has 2 aromatic heterocycles. The van der Waals surface area contributed by atoms with Gasteiger partial charge in [-0.15, -0.1) is 0 Å². The highest BCUT2D eigenvalue weighted by Crippen LogP contribution is 2.28. The van der Waals surface area contributed by atoms with Crippen LogP contribution in [-0.4, -0.2) is 32.7 Å². The molecule has 0 fully saturated rings. The van der Waals surface area contributed by atoms with E-state index in [4.69, 9.17) is 11.6 Å². The minimum atomic E-state index is -0.171. The lowest BCUT2D eigenvalue weighted by Crippen LogP contribution is -2.21. The molecule has 0 unspecified atom stereocenters. The molecule has 0 aliphatic heterocycles. The Morgan fingerprint density at radius 1 is 1.19 bits per heavy atom. The SMILES string of the molecule is Cc1ccc(Nc2cc(-c3cccnc3)nc(N[C@@H](C)CO)n2)c(Cl)c1. The van der Waals surface area contributed by atoms with Gasteiger partial charge in [-0.1, -0.05) is 17.7 Å². The van der Waals surface area contributed by atoms with E-state index in [0.29, 0.717) is 22.5 Å². The van der Waals surface area contributed by atoms with Crippen LogP contribution in [0.5, 0.6) is 0 Å². The number of anilines is 3. The summed E-state index contributed by atoms with van der Waals surface area (Å²) in [6, 6.07) is 11.2. The molecule has 6 nitrogen and oxygen atoms in total. The van der Waals surface area contributed by atoms with Crippen molar-refractivity contribution in [3.63, 3.8) is 0 Å². The number of aryl methyl sites for hydroxylation is 1. The summed E-state index contributed by atoms with van der Waals surface area (Å²) in [4.78, 5) is 13.1. The normalized spacial score (nSPS) is 11.8. The predicted octanol–water partition coefficient (Wildman–Crippen LogP) is 4.04. The van der Waals surface area contributed by atoms with Gasteiger partial charge in [0.25, 0.3) is 0 Å². The fraction of sp³-hybridized carbons (Fsp3) is 0.211. The minimum Gasteiger partial charge on any atom is -0.394 e. The summed E-state index contributed by atoms with van der Waals surface area (Å²) < 4.78 is 0. The van der Waals surface area contributed by atoms with Gasteiger partial charge in [0, 0.05) is 30.1 Å². The van der Waals surface area contributed by atoms with Crippen LogP contribution in [0.2, 0.25) is 5.02 Å². The van der Waals surface area contributed by atoms with Crippen molar-refractivity contribution in [3.8, 4) is 11.3 Å². The molecular weight excluding hydrogens is 350 g/mol. The van der Waals surface area contributed by atoms with E-state index < -0.39 is 0 Å². The van der Waals surface area contributed by atoms with E-state index in [9.17, 15) is 5.11 Å². The molecule has 26 heavy (non-hydrogen) atoms. The molecular formula is C19H20ClN5O. The largest absolute Gasteiger partial charge is 0.394 e. The van der Waals surface area contributed by atoms with Crippen LogP contribution in [0.15, 0.2) is 48.8 Å². The van der Waals surface area contributed by atoms with Gasteiger partial charge in [-0.2, -0.15) is 4.98 Å². The first-order valence-corrected chi connectivity index (χ1v) is 8.63. The van der Waals surface area contributed by atoms with Crippen LogP contribution < -0.4 is 10.6 Å². The van der Waals surface area contributed by atoms with E-state index >= 15 is 0 Å². The third-order valence-corrected chi connectivity index (χ3v) is 4.03. The monoisotopic (exact) mass is 369 g/mol. The molecule has 7 heteroatoms. The van der Waals surface area contributed by atoms with Crippen LogP contribution in [-0.2, 0) is 0 Å². The number of aromatic nitrogens is 3. The van der Waals surface area contributed by atoms with E-state index in [1.165, 1.54) is 0 Å². The number of pyridine rings is 1.